The lowest BCUT2D eigenvalue weighted by atomic mass is 9.85. The molecule has 0 spiro atoms. The summed E-state index contributed by atoms with van der Waals surface area (Å²) >= 11 is 13.6. The van der Waals surface area contributed by atoms with Crippen LogP contribution in [0.1, 0.15) is 26.3 Å². The minimum Gasteiger partial charge on any atom is -0.0836 e. The molecule has 0 aliphatic carbocycles. The molecule has 0 saturated heterocycles. The van der Waals surface area contributed by atoms with Gasteiger partial charge in [-0.3, -0.25) is 0 Å². The van der Waals surface area contributed by atoms with Gasteiger partial charge in [0.1, 0.15) is 0 Å². The second-order valence-corrected chi connectivity index (χ2v) is 7.66. The third-order valence-corrected chi connectivity index (χ3v) is 4.73. The fourth-order valence-corrected chi connectivity index (χ4v) is 3.35. The van der Waals surface area contributed by atoms with Crippen molar-refractivity contribution in [3.8, 4) is 11.1 Å². The summed E-state index contributed by atoms with van der Waals surface area (Å²) in [5.74, 6) is 0. The summed E-state index contributed by atoms with van der Waals surface area (Å²) in [6.45, 7) is 6.63. The molecule has 0 aromatic heterocycles. The van der Waals surface area contributed by atoms with Gasteiger partial charge in [-0.05, 0) is 40.8 Å². The smallest absolute Gasteiger partial charge is 0.0496 e. The van der Waals surface area contributed by atoms with Gasteiger partial charge in [0.05, 0.1) is 0 Å². The molecule has 0 radical (unpaired) electrons. The van der Waals surface area contributed by atoms with Crippen LogP contribution in [0.25, 0.3) is 11.1 Å². The van der Waals surface area contributed by atoms with Crippen LogP contribution in [0.15, 0.2) is 45.3 Å². The van der Waals surface area contributed by atoms with Crippen LogP contribution in [0.2, 0.25) is 5.02 Å². The van der Waals surface area contributed by atoms with Crippen molar-refractivity contribution in [2.75, 3.05) is 0 Å². The van der Waals surface area contributed by atoms with Crippen molar-refractivity contribution in [3.63, 3.8) is 0 Å². The highest BCUT2D eigenvalue weighted by molar-refractivity contribution is 9.11. The molecular formula is C16H15Br2Cl. The van der Waals surface area contributed by atoms with Crippen molar-refractivity contribution >= 4 is 43.5 Å². The first kappa shape index (κ1) is 15.1. The van der Waals surface area contributed by atoms with Crippen LogP contribution in [0.5, 0.6) is 0 Å². The molecule has 0 amide bonds. The molecule has 0 atom stereocenters. The van der Waals surface area contributed by atoms with Crippen LogP contribution >= 0.6 is 43.5 Å². The lowest BCUT2D eigenvalue weighted by Gasteiger charge is -2.21. The molecule has 2 rings (SSSR count). The Kier molecular flexibility index (Phi) is 4.44. The van der Waals surface area contributed by atoms with E-state index in [0.717, 1.165) is 25.1 Å². The van der Waals surface area contributed by atoms with Gasteiger partial charge in [0, 0.05) is 19.5 Å². The molecule has 0 nitrogen and oxygen atoms in total. The Hall–Kier alpha value is -0.310. The zero-order chi connectivity index (χ0) is 14.2. The predicted octanol–water partition coefficient (Wildman–Crippen LogP) is 6.83. The second-order valence-electron chi connectivity index (χ2n) is 5.54. The van der Waals surface area contributed by atoms with Crippen molar-refractivity contribution in [2.45, 2.75) is 26.2 Å². The van der Waals surface area contributed by atoms with Gasteiger partial charge in [-0.1, -0.05) is 76.4 Å². The van der Waals surface area contributed by atoms with Crippen LogP contribution in [0.3, 0.4) is 0 Å². The Labute approximate surface area is 136 Å². The van der Waals surface area contributed by atoms with Gasteiger partial charge in [0.15, 0.2) is 0 Å². The topological polar surface area (TPSA) is 0 Å². The van der Waals surface area contributed by atoms with E-state index in [0.29, 0.717) is 0 Å². The standard InChI is InChI=1S/C16H15Br2Cl/c1-16(2,3)10-7-8-12(17)11(9-10)15-13(18)5-4-6-14(15)19/h4-9H,1-3H3. The molecular weight excluding hydrogens is 387 g/mol. The van der Waals surface area contributed by atoms with Gasteiger partial charge in [0.25, 0.3) is 0 Å². The Bertz CT molecular complexity index is 592. The van der Waals surface area contributed by atoms with E-state index in [1.54, 1.807) is 0 Å². The van der Waals surface area contributed by atoms with Crippen molar-refractivity contribution < 1.29 is 0 Å². The SMILES string of the molecule is CC(C)(C)c1ccc(Br)c(-c2c(Cl)cccc2Br)c1. The first-order chi connectivity index (χ1) is 8.80. The number of hydrogen-bond acceptors (Lipinski definition) is 0. The van der Waals surface area contributed by atoms with Crippen molar-refractivity contribution in [1.82, 2.24) is 0 Å². The Morgan fingerprint density at radius 1 is 0.947 bits per heavy atom. The number of benzene rings is 2. The second kappa shape index (κ2) is 5.59. The Balaban J connectivity index is 2.69. The molecule has 0 aliphatic heterocycles. The lowest BCUT2D eigenvalue weighted by Crippen LogP contribution is -2.11. The van der Waals surface area contributed by atoms with Crippen LogP contribution in [-0.2, 0) is 5.41 Å². The molecule has 0 heterocycles. The van der Waals surface area contributed by atoms with Crippen molar-refractivity contribution in [2.24, 2.45) is 0 Å². The summed E-state index contributed by atoms with van der Waals surface area (Å²) in [4.78, 5) is 0. The average molecular weight is 403 g/mol. The fourth-order valence-electron chi connectivity index (χ4n) is 1.94. The molecule has 2 aromatic carbocycles. The molecule has 3 heteroatoms. The minimum absolute atomic E-state index is 0.114. The predicted molar refractivity (Wildman–Crippen MR) is 91.0 cm³/mol. The van der Waals surface area contributed by atoms with Crippen LogP contribution in [0, 0.1) is 0 Å². The molecule has 0 aliphatic rings. The number of halogens is 3. The van der Waals surface area contributed by atoms with Crippen LogP contribution < -0.4 is 0 Å². The molecule has 100 valence electrons. The van der Waals surface area contributed by atoms with Crippen LogP contribution in [0.4, 0.5) is 0 Å². The highest BCUT2D eigenvalue weighted by atomic mass is 79.9. The summed E-state index contributed by atoms with van der Waals surface area (Å²) in [6.07, 6.45) is 0. The van der Waals surface area contributed by atoms with E-state index in [1.165, 1.54) is 5.56 Å². The number of rotatable bonds is 1. The molecule has 19 heavy (non-hydrogen) atoms. The molecule has 0 N–H and O–H groups in total. The Morgan fingerprint density at radius 3 is 2.21 bits per heavy atom. The maximum absolute atomic E-state index is 6.35. The monoisotopic (exact) mass is 400 g/mol. The molecule has 2 aromatic rings. The van der Waals surface area contributed by atoms with E-state index in [-0.39, 0.29) is 5.41 Å². The third-order valence-electron chi connectivity index (χ3n) is 3.06. The van der Waals surface area contributed by atoms with E-state index in [9.17, 15) is 0 Å². The summed E-state index contributed by atoms with van der Waals surface area (Å²) in [6, 6.07) is 12.3. The normalized spacial score (nSPS) is 11.7. The highest BCUT2D eigenvalue weighted by Gasteiger charge is 2.17. The maximum Gasteiger partial charge on any atom is 0.0496 e. The van der Waals surface area contributed by atoms with E-state index in [2.05, 4.69) is 70.8 Å². The zero-order valence-electron chi connectivity index (χ0n) is 11.1. The van der Waals surface area contributed by atoms with E-state index >= 15 is 0 Å². The average Bonchev–Trinajstić information content (AvgIpc) is 2.29. The van der Waals surface area contributed by atoms with Crippen molar-refractivity contribution in [1.29, 1.82) is 0 Å². The van der Waals surface area contributed by atoms with Crippen LogP contribution in [-0.4, -0.2) is 0 Å². The zero-order valence-corrected chi connectivity index (χ0v) is 15.0. The molecule has 0 saturated carbocycles. The summed E-state index contributed by atoms with van der Waals surface area (Å²) in [7, 11) is 0. The van der Waals surface area contributed by atoms with Gasteiger partial charge < -0.3 is 0 Å². The van der Waals surface area contributed by atoms with Gasteiger partial charge in [0.2, 0.25) is 0 Å². The molecule has 0 unspecified atom stereocenters. The highest BCUT2D eigenvalue weighted by Crippen LogP contribution is 2.40. The van der Waals surface area contributed by atoms with Gasteiger partial charge >= 0.3 is 0 Å². The van der Waals surface area contributed by atoms with Gasteiger partial charge in [-0.2, -0.15) is 0 Å². The fraction of sp³-hybridized carbons (Fsp3) is 0.250. The lowest BCUT2D eigenvalue weighted by molar-refractivity contribution is 0.590. The van der Waals surface area contributed by atoms with Gasteiger partial charge in [-0.15, -0.1) is 0 Å². The molecule has 0 fully saturated rings. The largest absolute Gasteiger partial charge is 0.0836 e. The van der Waals surface area contributed by atoms with E-state index in [4.69, 9.17) is 11.6 Å². The summed E-state index contributed by atoms with van der Waals surface area (Å²) in [5.41, 5.74) is 3.55. The first-order valence-electron chi connectivity index (χ1n) is 6.05. The quantitative estimate of drug-likeness (QED) is 0.490. The van der Waals surface area contributed by atoms with E-state index < -0.39 is 0 Å². The van der Waals surface area contributed by atoms with E-state index in [1.807, 2.05) is 18.2 Å². The van der Waals surface area contributed by atoms with Gasteiger partial charge in [-0.25, -0.2) is 0 Å². The number of hydrogen-bond donors (Lipinski definition) is 0. The van der Waals surface area contributed by atoms with Crippen molar-refractivity contribution in [3.05, 3.63) is 55.9 Å². The summed E-state index contributed by atoms with van der Waals surface area (Å²) in [5, 5.41) is 0.751. The summed E-state index contributed by atoms with van der Waals surface area (Å²) < 4.78 is 2.06. The third kappa shape index (κ3) is 3.24. The first-order valence-corrected chi connectivity index (χ1v) is 8.01. The Morgan fingerprint density at radius 2 is 1.63 bits per heavy atom. The maximum atomic E-state index is 6.35. The minimum atomic E-state index is 0.114. The molecule has 0 bridgehead atoms.